The van der Waals surface area contributed by atoms with E-state index in [0.29, 0.717) is 33.7 Å². The molecule has 0 saturated heterocycles. The number of rotatable bonds is 7. The number of carbonyl (C=O) groups excluding carboxylic acids is 2. The van der Waals surface area contributed by atoms with Gasteiger partial charge in [-0.25, -0.2) is 4.98 Å². The first-order chi connectivity index (χ1) is 16.3. The Kier molecular flexibility index (Phi) is 6.93. The predicted octanol–water partition coefficient (Wildman–Crippen LogP) is 5.38. The monoisotopic (exact) mass is 472 g/mol. The van der Waals surface area contributed by atoms with Crippen molar-refractivity contribution in [3.05, 3.63) is 88.3 Å². The van der Waals surface area contributed by atoms with Crippen LogP contribution in [0.1, 0.15) is 38.1 Å². The van der Waals surface area contributed by atoms with E-state index in [0.717, 1.165) is 22.4 Å². The second kappa shape index (κ2) is 10.1. The van der Waals surface area contributed by atoms with E-state index in [4.69, 9.17) is 10.7 Å². The fourth-order valence-corrected chi connectivity index (χ4v) is 4.77. The molecule has 0 radical (unpaired) electrons. The van der Waals surface area contributed by atoms with Gasteiger partial charge in [-0.05, 0) is 43.5 Å². The highest BCUT2D eigenvalue weighted by Gasteiger charge is 2.22. The van der Waals surface area contributed by atoms with Gasteiger partial charge in [0.2, 0.25) is 5.91 Å². The Balaban J connectivity index is 1.64. The number of aryl methyl sites for hydroxylation is 2. The molecule has 1 aromatic heterocycles. The Morgan fingerprint density at radius 1 is 1.09 bits per heavy atom. The number of nitrogens with two attached hydrogens (primary N) is 1. The number of carbonyl (C=O) groups is 2. The van der Waals surface area contributed by atoms with Crippen LogP contribution in [-0.2, 0) is 0 Å². The summed E-state index contributed by atoms with van der Waals surface area (Å²) in [5.74, 6) is -0.0369. The normalized spacial score (nSPS) is 16.9. The number of hydrogen-bond donors (Lipinski definition) is 3. The van der Waals surface area contributed by atoms with Gasteiger partial charge in [0, 0.05) is 29.3 Å². The van der Waals surface area contributed by atoms with Crippen LogP contribution in [0.3, 0.4) is 0 Å². The lowest BCUT2D eigenvalue weighted by Gasteiger charge is -2.20. The molecule has 2 amide bonds. The molecule has 2 atom stereocenters. The summed E-state index contributed by atoms with van der Waals surface area (Å²) in [4.78, 5) is 30.2. The lowest BCUT2D eigenvalue weighted by molar-refractivity contribution is 0.0951. The van der Waals surface area contributed by atoms with E-state index in [9.17, 15) is 9.59 Å². The minimum Gasteiger partial charge on any atom is -0.366 e. The molecule has 7 heteroatoms. The highest BCUT2D eigenvalue weighted by molar-refractivity contribution is 7.18. The first-order valence-corrected chi connectivity index (χ1v) is 12.0. The lowest BCUT2D eigenvalue weighted by atomic mass is 9.90. The number of aromatic nitrogens is 1. The topological polar surface area (TPSA) is 97.1 Å². The van der Waals surface area contributed by atoms with Crippen LogP contribution in [0.15, 0.2) is 66.8 Å². The first-order valence-electron chi connectivity index (χ1n) is 11.2. The van der Waals surface area contributed by atoms with Gasteiger partial charge < -0.3 is 16.4 Å². The van der Waals surface area contributed by atoms with Gasteiger partial charge in [0.1, 0.15) is 4.88 Å². The Morgan fingerprint density at radius 2 is 1.88 bits per heavy atom. The van der Waals surface area contributed by atoms with Gasteiger partial charge in [0.05, 0.1) is 5.69 Å². The Morgan fingerprint density at radius 3 is 2.62 bits per heavy atom. The molecule has 1 aliphatic rings. The highest BCUT2D eigenvalue weighted by atomic mass is 32.1. The van der Waals surface area contributed by atoms with E-state index in [1.807, 2.05) is 56.3 Å². The molecule has 0 bridgehead atoms. The second-order valence-corrected chi connectivity index (χ2v) is 9.59. The molecule has 4 N–H and O–H groups in total. The van der Waals surface area contributed by atoms with Gasteiger partial charge in [-0.2, -0.15) is 0 Å². The number of nitrogens with zero attached hydrogens (tertiary/aromatic N) is 1. The van der Waals surface area contributed by atoms with Crippen molar-refractivity contribution in [2.75, 3.05) is 11.9 Å². The summed E-state index contributed by atoms with van der Waals surface area (Å²) in [5, 5.41) is 6.94. The molecule has 0 spiro atoms. The minimum atomic E-state index is -0.497. The number of benzene rings is 2. The van der Waals surface area contributed by atoms with Gasteiger partial charge in [-0.15, -0.1) is 0 Å². The van der Waals surface area contributed by atoms with Crippen molar-refractivity contribution in [1.29, 1.82) is 0 Å². The highest BCUT2D eigenvalue weighted by Crippen LogP contribution is 2.34. The molecular formula is C27H28N4O2S. The van der Waals surface area contributed by atoms with Crippen LogP contribution >= 0.6 is 11.3 Å². The largest absolute Gasteiger partial charge is 0.366 e. The zero-order chi connectivity index (χ0) is 24.2. The van der Waals surface area contributed by atoms with Gasteiger partial charge in [0.25, 0.3) is 5.91 Å². The molecule has 1 heterocycles. The van der Waals surface area contributed by atoms with Crippen LogP contribution in [-0.4, -0.2) is 23.3 Å². The summed E-state index contributed by atoms with van der Waals surface area (Å²) in [6.45, 7) is 6.64. The smallest absolute Gasteiger partial charge is 0.263 e. The van der Waals surface area contributed by atoms with Crippen LogP contribution in [0.25, 0.3) is 11.3 Å². The van der Waals surface area contributed by atoms with Crippen molar-refractivity contribution in [1.82, 2.24) is 10.3 Å². The summed E-state index contributed by atoms with van der Waals surface area (Å²) < 4.78 is 0. The number of nitrogens with one attached hydrogen (secondary N) is 2. The number of anilines is 2. The number of allylic oxidation sites excluding steroid dienone is 3. The van der Waals surface area contributed by atoms with Gasteiger partial charge in [-0.3, -0.25) is 9.59 Å². The molecule has 3 aromatic rings. The van der Waals surface area contributed by atoms with Crippen LogP contribution in [0, 0.1) is 25.7 Å². The SMILES string of the molecule is Cc1cccc(-c2nc(Nc3cc(C(N)=O)ccc3C)sc2C(=O)NCC2C=CC=CC2C)c1. The number of primary amides is 1. The molecule has 1 aliphatic carbocycles. The average Bonchev–Trinajstić information content (AvgIpc) is 3.23. The standard InChI is InChI=1S/C27H28N4O2S/c1-16-7-6-10-19(13-16)23-24(26(33)29-15-21-9-5-4-8-17(21)2)34-27(31-23)30-22-14-20(25(28)32)12-11-18(22)3/h4-14,17,21H,15H2,1-3H3,(H2,28,32)(H,29,33)(H,30,31). The molecule has 34 heavy (non-hydrogen) atoms. The fraction of sp³-hybridized carbons (Fsp3) is 0.222. The van der Waals surface area contributed by atoms with Gasteiger partial charge in [0.15, 0.2) is 5.13 Å². The van der Waals surface area contributed by atoms with Crippen molar-refractivity contribution in [3.63, 3.8) is 0 Å². The van der Waals surface area contributed by atoms with Crippen molar-refractivity contribution in [2.24, 2.45) is 17.6 Å². The van der Waals surface area contributed by atoms with E-state index >= 15 is 0 Å². The third-order valence-corrected chi connectivity index (χ3v) is 6.92. The maximum Gasteiger partial charge on any atom is 0.263 e. The molecule has 0 aliphatic heterocycles. The quantitative estimate of drug-likeness (QED) is 0.430. The number of thiazole rings is 1. The van der Waals surface area contributed by atoms with E-state index in [1.54, 1.807) is 12.1 Å². The first kappa shape index (κ1) is 23.4. The van der Waals surface area contributed by atoms with Crippen LogP contribution in [0.2, 0.25) is 0 Å². The predicted molar refractivity (Wildman–Crippen MR) is 139 cm³/mol. The summed E-state index contributed by atoms with van der Waals surface area (Å²) in [6, 6.07) is 13.2. The van der Waals surface area contributed by atoms with Crippen molar-refractivity contribution in [3.8, 4) is 11.3 Å². The zero-order valence-corrected chi connectivity index (χ0v) is 20.3. The lowest BCUT2D eigenvalue weighted by Crippen LogP contribution is -2.31. The van der Waals surface area contributed by atoms with Gasteiger partial charge in [-0.1, -0.05) is 72.4 Å². The summed E-state index contributed by atoms with van der Waals surface area (Å²) in [6.07, 6.45) is 8.33. The Hall–Kier alpha value is -3.71. The second-order valence-electron chi connectivity index (χ2n) is 8.59. The molecule has 2 unspecified atom stereocenters. The van der Waals surface area contributed by atoms with Crippen LogP contribution in [0.4, 0.5) is 10.8 Å². The molecule has 6 nitrogen and oxygen atoms in total. The molecular weight excluding hydrogens is 444 g/mol. The van der Waals surface area contributed by atoms with E-state index in [-0.39, 0.29) is 11.8 Å². The van der Waals surface area contributed by atoms with Crippen molar-refractivity contribution in [2.45, 2.75) is 20.8 Å². The van der Waals surface area contributed by atoms with Crippen molar-refractivity contribution < 1.29 is 9.59 Å². The molecule has 0 saturated carbocycles. The maximum atomic E-state index is 13.3. The maximum absolute atomic E-state index is 13.3. The third-order valence-electron chi connectivity index (χ3n) is 5.95. The molecule has 174 valence electrons. The Bertz CT molecular complexity index is 1290. The van der Waals surface area contributed by atoms with Crippen LogP contribution in [0.5, 0.6) is 0 Å². The number of hydrogen-bond acceptors (Lipinski definition) is 5. The Labute approximate surface area is 203 Å². The van der Waals surface area contributed by atoms with Crippen LogP contribution < -0.4 is 16.4 Å². The van der Waals surface area contributed by atoms with Gasteiger partial charge >= 0.3 is 0 Å². The molecule has 0 fully saturated rings. The molecule has 2 aromatic carbocycles. The molecule has 4 rings (SSSR count). The summed E-state index contributed by atoms with van der Waals surface area (Å²) >= 11 is 1.29. The van der Waals surface area contributed by atoms with E-state index in [1.165, 1.54) is 11.3 Å². The third kappa shape index (κ3) is 5.26. The summed E-state index contributed by atoms with van der Waals surface area (Å²) in [5.41, 5.74) is 10.1. The van der Waals surface area contributed by atoms with E-state index < -0.39 is 5.91 Å². The van der Waals surface area contributed by atoms with Crippen molar-refractivity contribution >= 4 is 34.0 Å². The average molecular weight is 473 g/mol. The minimum absolute atomic E-state index is 0.153. The van der Waals surface area contributed by atoms with E-state index in [2.05, 4.69) is 29.7 Å². The summed E-state index contributed by atoms with van der Waals surface area (Å²) in [7, 11) is 0. The zero-order valence-electron chi connectivity index (χ0n) is 19.5. The number of amides is 2. The fourth-order valence-electron chi connectivity index (χ4n) is 3.85.